The summed E-state index contributed by atoms with van der Waals surface area (Å²) in [5.41, 5.74) is 4.07. The van der Waals surface area contributed by atoms with Crippen LogP contribution in [0.25, 0.3) is 10.9 Å². The van der Waals surface area contributed by atoms with Gasteiger partial charge in [-0.15, -0.1) is 0 Å². The van der Waals surface area contributed by atoms with Crippen LogP contribution in [0.4, 0.5) is 0 Å². The van der Waals surface area contributed by atoms with E-state index >= 15 is 0 Å². The number of para-hydroxylation sites is 1. The van der Waals surface area contributed by atoms with Crippen molar-refractivity contribution in [2.45, 2.75) is 24.9 Å². The maximum absolute atomic E-state index is 12.5. The summed E-state index contributed by atoms with van der Waals surface area (Å²) < 4.78 is 5.10. The highest BCUT2D eigenvalue weighted by molar-refractivity contribution is 5.87. The van der Waals surface area contributed by atoms with E-state index in [1.807, 2.05) is 37.3 Å². The van der Waals surface area contributed by atoms with Crippen molar-refractivity contribution in [1.29, 1.82) is 0 Å². The number of carbonyl (C=O) groups is 1. The van der Waals surface area contributed by atoms with Gasteiger partial charge in [0.25, 0.3) is 0 Å². The predicted molar refractivity (Wildman–Crippen MR) is 92.6 cm³/mol. The van der Waals surface area contributed by atoms with Crippen LogP contribution in [-0.4, -0.2) is 23.6 Å². The van der Waals surface area contributed by atoms with Crippen LogP contribution in [0.15, 0.2) is 54.6 Å². The van der Waals surface area contributed by atoms with E-state index in [9.17, 15) is 4.79 Å². The number of ether oxygens (including phenoxy) is 1. The van der Waals surface area contributed by atoms with Crippen LogP contribution in [0.3, 0.4) is 0 Å². The predicted octanol–water partition coefficient (Wildman–Crippen LogP) is 2.31. The van der Waals surface area contributed by atoms with Gasteiger partial charge in [-0.3, -0.25) is 0 Å². The van der Waals surface area contributed by atoms with Crippen LogP contribution in [0.2, 0.25) is 0 Å². The summed E-state index contributed by atoms with van der Waals surface area (Å²) in [6, 6.07) is 18.6. The fourth-order valence-corrected chi connectivity index (χ4v) is 3.85. The molecule has 4 rings (SSSR count). The van der Waals surface area contributed by atoms with Crippen LogP contribution < -0.4 is 5.32 Å². The molecular formula is C20H21N2O2+. The molecule has 2 aromatic carbocycles. The number of nitrogens with one attached hydrogen (secondary N) is 1. The fourth-order valence-electron chi connectivity index (χ4n) is 3.85. The highest BCUT2D eigenvalue weighted by Gasteiger charge is 2.47. The SMILES string of the molecule is COC(=O)[C@@]1(C)Cc2c([nH]c3ccccc23)[C@H](c2ccccc2)[NH2+]1. The zero-order valence-corrected chi connectivity index (χ0v) is 13.9. The van der Waals surface area contributed by atoms with Gasteiger partial charge < -0.3 is 15.0 Å². The van der Waals surface area contributed by atoms with E-state index in [0.717, 1.165) is 5.52 Å². The Morgan fingerprint density at radius 3 is 2.62 bits per heavy atom. The molecule has 4 heteroatoms. The molecule has 0 saturated heterocycles. The third kappa shape index (κ3) is 2.22. The number of esters is 1. The smallest absolute Gasteiger partial charge is 0.367 e. The molecule has 1 aliphatic heterocycles. The minimum atomic E-state index is -0.632. The molecule has 1 aliphatic rings. The molecule has 3 aromatic rings. The zero-order valence-electron chi connectivity index (χ0n) is 13.9. The number of fused-ring (bicyclic) bond motifs is 3. The third-order valence-corrected chi connectivity index (χ3v) is 5.05. The minimum Gasteiger partial charge on any atom is -0.464 e. The number of H-pyrrole nitrogens is 1. The van der Waals surface area contributed by atoms with E-state index in [2.05, 4.69) is 34.6 Å². The van der Waals surface area contributed by atoms with Crippen LogP contribution >= 0.6 is 0 Å². The number of carbonyl (C=O) groups excluding carboxylic acids is 1. The average Bonchev–Trinajstić information content (AvgIpc) is 2.99. The summed E-state index contributed by atoms with van der Waals surface area (Å²) in [7, 11) is 1.46. The Hall–Kier alpha value is -2.59. The topological polar surface area (TPSA) is 58.7 Å². The van der Waals surface area contributed by atoms with Gasteiger partial charge >= 0.3 is 5.97 Å². The van der Waals surface area contributed by atoms with E-state index in [1.54, 1.807) is 0 Å². The number of aromatic nitrogens is 1. The summed E-state index contributed by atoms with van der Waals surface area (Å²) in [5.74, 6) is -0.181. The number of methoxy groups -OCH3 is 1. The molecule has 0 unspecified atom stereocenters. The van der Waals surface area contributed by atoms with E-state index in [-0.39, 0.29) is 12.0 Å². The first-order valence-corrected chi connectivity index (χ1v) is 8.21. The normalized spacial score (nSPS) is 23.0. The molecule has 2 heterocycles. The molecule has 1 aromatic heterocycles. The summed E-state index contributed by atoms with van der Waals surface area (Å²) in [5, 5.41) is 3.32. The summed E-state index contributed by atoms with van der Waals surface area (Å²) in [4.78, 5) is 16.0. The maximum Gasteiger partial charge on any atom is 0.367 e. The summed E-state index contributed by atoms with van der Waals surface area (Å²) >= 11 is 0. The lowest BCUT2D eigenvalue weighted by Gasteiger charge is -2.34. The molecule has 3 N–H and O–H groups in total. The lowest BCUT2D eigenvalue weighted by molar-refractivity contribution is -0.744. The van der Waals surface area contributed by atoms with Gasteiger partial charge in [-0.25, -0.2) is 4.79 Å². The molecule has 2 atom stereocenters. The number of benzene rings is 2. The van der Waals surface area contributed by atoms with Crippen LogP contribution in [0.1, 0.15) is 29.8 Å². The van der Waals surface area contributed by atoms with Gasteiger partial charge in [-0.2, -0.15) is 0 Å². The lowest BCUT2D eigenvalue weighted by Crippen LogP contribution is -3.00. The maximum atomic E-state index is 12.5. The Kier molecular flexibility index (Phi) is 3.43. The third-order valence-electron chi connectivity index (χ3n) is 5.05. The van der Waals surface area contributed by atoms with E-state index < -0.39 is 5.54 Å². The van der Waals surface area contributed by atoms with Crippen LogP contribution in [0.5, 0.6) is 0 Å². The average molecular weight is 321 g/mol. The second-order valence-electron chi connectivity index (χ2n) is 6.70. The lowest BCUT2D eigenvalue weighted by atomic mass is 9.83. The van der Waals surface area contributed by atoms with Crippen molar-refractivity contribution in [3.8, 4) is 0 Å². The van der Waals surface area contributed by atoms with Crippen molar-refractivity contribution in [2.75, 3.05) is 7.11 Å². The van der Waals surface area contributed by atoms with Crippen LogP contribution in [-0.2, 0) is 16.0 Å². The Bertz CT molecular complexity index is 900. The quantitative estimate of drug-likeness (QED) is 0.712. The Morgan fingerprint density at radius 2 is 1.88 bits per heavy atom. The molecule has 4 nitrogen and oxygen atoms in total. The van der Waals surface area contributed by atoms with Gasteiger partial charge in [0.2, 0.25) is 0 Å². The number of hydrogen-bond acceptors (Lipinski definition) is 2. The van der Waals surface area contributed by atoms with Gasteiger partial charge in [0.1, 0.15) is 0 Å². The Morgan fingerprint density at radius 1 is 1.17 bits per heavy atom. The molecule has 0 saturated carbocycles. The van der Waals surface area contributed by atoms with E-state index in [1.165, 1.54) is 29.3 Å². The first kappa shape index (κ1) is 15.0. The highest BCUT2D eigenvalue weighted by Crippen LogP contribution is 2.34. The molecule has 0 spiro atoms. The molecule has 0 amide bonds. The highest BCUT2D eigenvalue weighted by atomic mass is 16.5. The molecule has 0 bridgehead atoms. The first-order valence-electron chi connectivity index (χ1n) is 8.21. The number of aromatic amines is 1. The van der Waals surface area contributed by atoms with Crippen molar-refractivity contribution < 1.29 is 14.8 Å². The summed E-state index contributed by atoms with van der Waals surface area (Å²) in [6.07, 6.45) is 0.655. The minimum absolute atomic E-state index is 0.0476. The van der Waals surface area contributed by atoms with E-state index in [4.69, 9.17) is 4.74 Å². The first-order chi connectivity index (χ1) is 11.6. The number of quaternary nitrogens is 1. The molecular weight excluding hydrogens is 300 g/mol. The van der Waals surface area contributed by atoms with Gasteiger partial charge in [0.05, 0.1) is 12.8 Å². The number of nitrogens with two attached hydrogens (primary N) is 1. The van der Waals surface area contributed by atoms with Crippen molar-refractivity contribution in [2.24, 2.45) is 0 Å². The van der Waals surface area contributed by atoms with Gasteiger partial charge in [0, 0.05) is 29.8 Å². The molecule has 0 aliphatic carbocycles. The molecule has 24 heavy (non-hydrogen) atoms. The Labute approximate surface area is 140 Å². The van der Waals surface area contributed by atoms with Crippen molar-refractivity contribution in [3.05, 3.63) is 71.4 Å². The second kappa shape index (κ2) is 5.49. The molecule has 0 radical (unpaired) electrons. The van der Waals surface area contributed by atoms with Crippen LogP contribution in [0, 0.1) is 0 Å². The largest absolute Gasteiger partial charge is 0.464 e. The molecule has 0 fully saturated rings. The van der Waals surface area contributed by atoms with Crippen molar-refractivity contribution in [3.63, 3.8) is 0 Å². The zero-order chi connectivity index (χ0) is 16.7. The standard InChI is InChI=1S/C20H20N2O2/c1-20(19(23)24-2)12-15-14-10-6-7-11-16(14)21-18(15)17(22-20)13-8-4-3-5-9-13/h3-11,17,21-22H,12H2,1-2H3/p+1/t17-,20+/m0/s1. The number of rotatable bonds is 2. The summed E-state index contributed by atoms with van der Waals surface area (Å²) in [6.45, 7) is 1.97. The van der Waals surface area contributed by atoms with Gasteiger partial charge in [-0.1, -0.05) is 48.5 Å². The van der Waals surface area contributed by atoms with Crippen molar-refractivity contribution in [1.82, 2.24) is 4.98 Å². The Balaban J connectivity index is 1.93. The molecule has 122 valence electrons. The number of hydrogen-bond donors (Lipinski definition) is 2. The second-order valence-corrected chi connectivity index (χ2v) is 6.70. The van der Waals surface area contributed by atoms with Gasteiger partial charge in [-0.05, 0) is 11.6 Å². The van der Waals surface area contributed by atoms with Gasteiger partial charge in [0.15, 0.2) is 11.6 Å². The van der Waals surface area contributed by atoms with Crippen molar-refractivity contribution >= 4 is 16.9 Å². The monoisotopic (exact) mass is 321 g/mol. The fraction of sp³-hybridized carbons (Fsp3) is 0.250. The van der Waals surface area contributed by atoms with E-state index in [0.29, 0.717) is 6.42 Å².